The van der Waals surface area contributed by atoms with Crippen molar-refractivity contribution < 1.29 is 4.79 Å². The summed E-state index contributed by atoms with van der Waals surface area (Å²) in [5, 5.41) is 0. The Hall–Kier alpha value is -1.42. The Morgan fingerprint density at radius 2 is 2.33 bits per heavy atom. The third-order valence-electron chi connectivity index (χ3n) is 3.81. The number of carbonyl (C=O) groups excluding carboxylic acids is 1. The SMILES string of the molecule is CC1CC(CN)(C(=O)N(C)Cc2cccnc2)C1. The van der Waals surface area contributed by atoms with E-state index < -0.39 is 0 Å². The van der Waals surface area contributed by atoms with Crippen LogP contribution in [-0.4, -0.2) is 29.4 Å². The highest BCUT2D eigenvalue weighted by Crippen LogP contribution is 2.45. The van der Waals surface area contributed by atoms with Crippen LogP contribution in [0.5, 0.6) is 0 Å². The fourth-order valence-electron chi connectivity index (χ4n) is 2.95. The van der Waals surface area contributed by atoms with E-state index in [2.05, 4.69) is 11.9 Å². The highest BCUT2D eigenvalue weighted by Gasteiger charge is 2.48. The number of nitrogens with two attached hydrogens (primary N) is 1. The van der Waals surface area contributed by atoms with Crippen LogP contribution in [-0.2, 0) is 11.3 Å². The minimum Gasteiger partial charge on any atom is -0.341 e. The fraction of sp³-hybridized carbons (Fsp3) is 0.571. The number of pyridine rings is 1. The molecule has 1 aliphatic rings. The van der Waals surface area contributed by atoms with Gasteiger partial charge >= 0.3 is 0 Å². The zero-order valence-electron chi connectivity index (χ0n) is 11.1. The summed E-state index contributed by atoms with van der Waals surface area (Å²) in [6.45, 7) is 3.22. The van der Waals surface area contributed by atoms with Gasteiger partial charge in [0.05, 0.1) is 5.41 Å². The number of hydrogen-bond donors (Lipinski definition) is 1. The highest BCUT2D eigenvalue weighted by atomic mass is 16.2. The first-order chi connectivity index (χ1) is 8.57. The minimum atomic E-state index is -0.309. The molecule has 2 N–H and O–H groups in total. The third kappa shape index (κ3) is 2.38. The standard InChI is InChI=1S/C14H21N3O/c1-11-6-14(7-11,10-15)13(18)17(2)9-12-4-3-5-16-8-12/h3-5,8,11H,6-7,9-10,15H2,1-2H3. The Kier molecular flexibility index (Phi) is 3.66. The van der Waals surface area contributed by atoms with Crippen molar-refractivity contribution >= 4 is 5.91 Å². The summed E-state index contributed by atoms with van der Waals surface area (Å²) >= 11 is 0. The highest BCUT2D eigenvalue weighted by molar-refractivity contribution is 5.83. The molecule has 98 valence electrons. The van der Waals surface area contributed by atoms with Crippen molar-refractivity contribution in [1.29, 1.82) is 0 Å². The van der Waals surface area contributed by atoms with E-state index in [1.54, 1.807) is 17.3 Å². The molecule has 1 aliphatic carbocycles. The second kappa shape index (κ2) is 5.06. The molecule has 4 heteroatoms. The second-order valence-electron chi connectivity index (χ2n) is 5.52. The topological polar surface area (TPSA) is 59.2 Å². The summed E-state index contributed by atoms with van der Waals surface area (Å²) < 4.78 is 0. The molecule has 18 heavy (non-hydrogen) atoms. The first kappa shape index (κ1) is 13.0. The maximum absolute atomic E-state index is 12.5. The predicted octanol–water partition coefficient (Wildman–Crippen LogP) is 1.41. The summed E-state index contributed by atoms with van der Waals surface area (Å²) in [5.41, 5.74) is 6.54. The van der Waals surface area contributed by atoms with Crippen molar-refractivity contribution in [2.45, 2.75) is 26.3 Å². The van der Waals surface area contributed by atoms with Crippen LogP contribution >= 0.6 is 0 Å². The van der Waals surface area contributed by atoms with E-state index in [0.717, 1.165) is 18.4 Å². The molecule has 1 aromatic rings. The zero-order chi connectivity index (χ0) is 13.2. The van der Waals surface area contributed by atoms with Crippen LogP contribution < -0.4 is 5.73 Å². The van der Waals surface area contributed by atoms with Gasteiger partial charge in [-0.05, 0) is 30.4 Å². The van der Waals surface area contributed by atoms with Crippen molar-refractivity contribution in [3.8, 4) is 0 Å². The van der Waals surface area contributed by atoms with Gasteiger partial charge in [-0.3, -0.25) is 9.78 Å². The molecular weight excluding hydrogens is 226 g/mol. The van der Waals surface area contributed by atoms with Crippen molar-refractivity contribution in [2.24, 2.45) is 17.1 Å². The van der Waals surface area contributed by atoms with E-state index in [1.807, 2.05) is 19.2 Å². The van der Waals surface area contributed by atoms with Crippen molar-refractivity contribution in [3.05, 3.63) is 30.1 Å². The number of aromatic nitrogens is 1. The van der Waals surface area contributed by atoms with Gasteiger partial charge < -0.3 is 10.6 Å². The molecular formula is C14H21N3O. The van der Waals surface area contributed by atoms with Gasteiger partial charge in [0.15, 0.2) is 0 Å². The molecule has 0 radical (unpaired) electrons. The molecule has 0 saturated heterocycles. The van der Waals surface area contributed by atoms with E-state index in [1.165, 1.54) is 0 Å². The maximum atomic E-state index is 12.5. The molecule has 0 spiro atoms. The lowest BCUT2D eigenvalue weighted by atomic mass is 9.62. The normalized spacial score (nSPS) is 26.5. The first-order valence-electron chi connectivity index (χ1n) is 6.42. The molecule has 1 amide bonds. The molecule has 4 nitrogen and oxygen atoms in total. The maximum Gasteiger partial charge on any atom is 0.230 e. The van der Waals surface area contributed by atoms with Gasteiger partial charge in [0.25, 0.3) is 0 Å². The van der Waals surface area contributed by atoms with E-state index in [-0.39, 0.29) is 11.3 Å². The quantitative estimate of drug-likeness (QED) is 0.875. The van der Waals surface area contributed by atoms with Crippen molar-refractivity contribution in [3.63, 3.8) is 0 Å². The van der Waals surface area contributed by atoms with Crippen LogP contribution in [0.2, 0.25) is 0 Å². The van der Waals surface area contributed by atoms with Crippen molar-refractivity contribution in [1.82, 2.24) is 9.88 Å². The van der Waals surface area contributed by atoms with Gasteiger partial charge in [-0.1, -0.05) is 13.0 Å². The largest absolute Gasteiger partial charge is 0.341 e. The number of carbonyl (C=O) groups is 1. The monoisotopic (exact) mass is 247 g/mol. The van der Waals surface area contributed by atoms with Crippen LogP contribution in [0.3, 0.4) is 0 Å². The summed E-state index contributed by atoms with van der Waals surface area (Å²) in [6, 6.07) is 3.87. The number of hydrogen-bond acceptors (Lipinski definition) is 3. The molecule has 1 heterocycles. The molecule has 0 atom stereocenters. The first-order valence-corrected chi connectivity index (χ1v) is 6.42. The molecule has 2 rings (SSSR count). The van der Waals surface area contributed by atoms with Gasteiger partial charge in [-0.15, -0.1) is 0 Å². The van der Waals surface area contributed by atoms with E-state index in [4.69, 9.17) is 5.73 Å². The fourth-order valence-corrected chi connectivity index (χ4v) is 2.95. The molecule has 0 unspecified atom stereocenters. The Morgan fingerprint density at radius 3 is 2.83 bits per heavy atom. The van der Waals surface area contributed by atoms with E-state index >= 15 is 0 Å². The molecule has 1 fully saturated rings. The van der Waals surface area contributed by atoms with E-state index in [9.17, 15) is 4.79 Å². The van der Waals surface area contributed by atoms with Gasteiger partial charge in [0.1, 0.15) is 0 Å². The lowest BCUT2D eigenvalue weighted by Gasteiger charge is -2.46. The lowest BCUT2D eigenvalue weighted by Crippen LogP contribution is -2.53. The van der Waals surface area contributed by atoms with Gasteiger partial charge in [-0.25, -0.2) is 0 Å². The van der Waals surface area contributed by atoms with Crippen LogP contribution in [0.25, 0.3) is 0 Å². The summed E-state index contributed by atoms with van der Waals surface area (Å²) in [5.74, 6) is 0.788. The van der Waals surface area contributed by atoms with Crippen LogP contribution in [0.1, 0.15) is 25.3 Å². The Bertz CT molecular complexity index is 412. The van der Waals surface area contributed by atoms with Gasteiger partial charge in [0, 0.05) is 32.5 Å². The number of amides is 1. The summed E-state index contributed by atoms with van der Waals surface area (Å²) in [4.78, 5) is 18.3. The summed E-state index contributed by atoms with van der Waals surface area (Å²) in [7, 11) is 1.84. The minimum absolute atomic E-state index is 0.173. The second-order valence-corrected chi connectivity index (χ2v) is 5.52. The zero-order valence-corrected chi connectivity index (χ0v) is 11.1. The third-order valence-corrected chi connectivity index (χ3v) is 3.81. The molecule has 1 aromatic heterocycles. The molecule has 0 bridgehead atoms. The van der Waals surface area contributed by atoms with Crippen LogP contribution in [0.15, 0.2) is 24.5 Å². The Balaban J connectivity index is 2.01. The van der Waals surface area contributed by atoms with Crippen molar-refractivity contribution in [2.75, 3.05) is 13.6 Å². The Morgan fingerprint density at radius 1 is 1.61 bits per heavy atom. The average Bonchev–Trinajstić information content (AvgIpc) is 2.35. The molecule has 1 saturated carbocycles. The Labute approximate surface area is 108 Å². The number of rotatable bonds is 4. The lowest BCUT2D eigenvalue weighted by molar-refractivity contribution is -0.148. The van der Waals surface area contributed by atoms with Gasteiger partial charge in [0.2, 0.25) is 5.91 Å². The molecule has 0 aliphatic heterocycles. The molecule has 0 aromatic carbocycles. The van der Waals surface area contributed by atoms with Gasteiger partial charge in [-0.2, -0.15) is 0 Å². The number of nitrogens with zero attached hydrogens (tertiary/aromatic N) is 2. The summed E-state index contributed by atoms with van der Waals surface area (Å²) in [6.07, 6.45) is 5.36. The van der Waals surface area contributed by atoms with Crippen LogP contribution in [0, 0.1) is 11.3 Å². The van der Waals surface area contributed by atoms with E-state index in [0.29, 0.717) is 19.0 Å². The average molecular weight is 247 g/mol. The van der Waals surface area contributed by atoms with Crippen LogP contribution in [0.4, 0.5) is 0 Å². The predicted molar refractivity (Wildman–Crippen MR) is 70.6 cm³/mol. The smallest absolute Gasteiger partial charge is 0.230 e.